The van der Waals surface area contributed by atoms with Gasteiger partial charge in [0.1, 0.15) is 12.3 Å². The Hall–Kier alpha value is -2.19. The largest absolute Gasteiger partial charge is 0.494 e. The minimum atomic E-state index is -3.92. The van der Waals surface area contributed by atoms with E-state index in [4.69, 9.17) is 4.74 Å². The number of hydrogen-bond acceptors (Lipinski definition) is 5. The Morgan fingerprint density at radius 3 is 2.27 bits per heavy atom. The zero-order chi connectivity index (χ0) is 22.1. The molecule has 1 atom stereocenters. The van der Waals surface area contributed by atoms with Crippen molar-refractivity contribution < 1.29 is 17.9 Å². The first-order valence-electron chi connectivity index (χ1n) is 10.0. The highest BCUT2D eigenvalue weighted by atomic mass is 32.2. The fourth-order valence-electron chi connectivity index (χ4n) is 3.02. The minimum absolute atomic E-state index is 0.0201. The van der Waals surface area contributed by atoms with E-state index >= 15 is 0 Å². The molecule has 164 valence electrons. The fourth-order valence-corrected chi connectivity index (χ4v) is 4.85. The molecule has 0 spiro atoms. The summed E-state index contributed by atoms with van der Waals surface area (Å²) in [5.41, 5.74) is 0.408. The fraction of sp³-hybridized carbons (Fsp3) is 0.409. The molecule has 0 aliphatic carbocycles. The number of nitrogens with zero attached hydrogens (tertiary/aromatic N) is 1. The van der Waals surface area contributed by atoms with Crippen molar-refractivity contribution in [2.75, 3.05) is 23.7 Å². The van der Waals surface area contributed by atoms with Gasteiger partial charge in [0.25, 0.3) is 10.0 Å². The maximum Gasteiger partial charge on any atom is 0.264 e. The topological polar surface area (TPSA) is 75.7 Å². The van der Waals surface area contributed by atoms with Crippen molar-refractivity contribution in [1.29, 1.82) is 0 Å². The van der Waals surface area contributed by atoms with Crippen molar-refractivity contribution in [1.82, 2.24) is 5.32 Å². The summed E-state index contributed by atoms with van der Waals surface area (Å²) >= 11 is 1.53. The second-order valence-electron chi connectivity index (χ2n) is 6.87. The van der Waals surface area contributed by atoms with E-state index in [0.29, 0.717) is 18.0 Å². The van der Waals surface area contributed by atoms with E-state index in [2.05, 4.69) is 5.32 Å². The number of nitrogens with one attached hydrogen (secondary N) is 1. The van der Waals surface area contributed by atoms with E-state index in [1.165, 1.54) is 11.8 Å². The standard InChI is InChI=1S/C22H30N2O4S2/c1-5-7-17(3)23-22(25)16-24(18-8-10-19(11-9-18)28-6-2)30(26,27)21-14-12-20(29-4)13-15-21/h8-15,17H,5-7,16H2,1-4H3,(H,23,25). The quantitative estimate of drug-likeness (QED) is 0.517. The van der Waals surface area contributed by atoms with Crippen LogP contribution in [0.3, 0.4) is 0 Å². The summed E-state index contributed by atoms with van der Waals surface area (Å²) in [6, 6.07) is 13.4. The number of ether oxygens (including phenoxy) is 1. The summed E-state index contributed by atoms with van der Waals surface area (Å²) in [5.74, 6) is 0.304. The van der Waals surface area contributed by atoms with Gasteiger partial charge >= 0.3 is 0 Å². The van der Waals surface area contributed by atoms with Crippen LogP contribution in [0.2, 0.25) is 0 Å². The Morgan fingerprint density at radius 1 is 1.10 bits per heavy atom. The van der Waals surface area contributed by atoms with E-state index in [-0.39, 0.29) is 23.4 Å². The van der Waals surface area contributed by atoms with Crippen molar-refractivity contribution >= 4 is 33.4 Å². The first kappa shape index (κ1) is 24.1. The predicted octanol–water partition coefficient (Wildman–Crippen LogP) is 4.31. The number of rotatable bonds is 11. The lowest BCUT2D eigenvalue weighted by molar-refractivity contribution is -0.120. The monoisotopic (exact) mass is 450 g/mol. The normalized spacial score (nSPS) is 12.3. The molecule has 0 bridgehead atoms. The molecule has 0 heterocycles. The molecule has 1 unspecified atom stereocenters. The first-order chi connectivity index (χ1) is 14.3. The van der Waals surface area contributed by atoms with Crippen molar-refractivity contribution in [3.05, 3.63) is 48.5 Å². The van der Waals surface area contributed by atoms with Crippen molar-refractivity contribution in [2.45, 2.75) is 49.4 Å². The van der Waals surface area contributed by atoms with Gasteiger partial charge in [-0.15, -0.1) is 11.8 Å². The number of thioether (sulfide) groups is 1. The number of carbonyl (C=O) groups excluding carboxylic acids is 1. The highest BCUT2D eigenvalue weighted by Gasteiger charge is 2.27. The molecule has 0 radical (unpaired) electrons. The Kier molecular flexibility index (Phi) is 9.05. The van der Waals surface area contributed by atoms with E-state index in [1.54, 1.807) is 48.5 Å². The minimum Gasteiger partial charge on any atom is -0.494 e. The molecule has 0 saturated heterocycles. The molecule has 0 aromatic heterocycles. The molecule has 0 fully saturated rings. The highest BCUT2D eigenvalue weighted by molar-refractivity contribution is 7.98. The molecule has 0 saturated carbocycles. The van der Waals surface area contributed by atoms with Gasteiger partial charge in [-0.1, -0.05) is 13.3 Å². The third-order valence-electron chi connectivity index (χ3n) is 4.50. The lowest BCUT2D eigenvalue weighted by Gasteiger charge is -2.25. The number of sulfonamides is 1. The number of anilines is 1. The van der Waals surface area contributed by atoms with Crippen LogP contribution in [0.15, 0.2) is 58.3 Å². The summed E-state index contributed by atoms with van der Waals surface area (Å²) in [6.45, 7) is 6.05. The smallest absolute Gasteiger partial charge is 0.264 e. The average Bonchev–Trinajstić information content (AvgIpc) is 2.73. The van der Waals surface area contributed by atoms with E-state index in [0.717, 1.165) is 22.0 Å². The summed E-state index contributed by atoms with van der Waals surface area (Å²) < 4.78 is 33.4. The van der Waals surface area contributed by atoms with Crippen LogP contribution in [0.25, 0.3) is 0 Å². The third kappa shape index (κ3) is 6.40. The zero-order valence-corrected chi connectivity index (χ0v) is 19.6. The number of hydrogen-bond donors (Lipinski definition) is 1. The molecule has 6 nitrogen and oxygen atoms in total. The maximum absolute atomic E-state index is 13.4. The summed E-state index contributed by atoms with van der Waals surface area (Å²) in [4.78, 5) is 13.7. The highest BCUT2D eigenvalue weighted by Crippen LogP contribution is 2.27. The molecule has 8 heteroatoms. The van der Waals surface area contributed by atoms with Gasteiger partial charge in [-0.25, -0.2) is 8.42 Å². The third-order valence-corrected chi connectivity index (χ3v) is 7.03. The van der Waals surface area contributed by atoms with Gasteiger partial charge in [-0.2, -0.15) is 0 Å². The molecular formula is C22H30N2O4S2. The van der Waals surface area contributed by atoms with Crippen molar-refractivity contribution in [3.8, 4) is 5.75 Å². The van der Waals surface area contributed by atoms with Gasteiger partial charge in [-0.05, 0) is 75.1 Å². The van der Waals surface area contributed by atoms with Crippen LogP contribution in [0.1, 0.15) is 33.6 Å². The summed E-state index contributed by atoms with van der Waals surface area (Å²) in [5, 5.41) is 2.88. The second-order valence-corrected chi connectivity index (χ2v) is 9.61. The molecule has 0 aliphatic heterocycles. The van der Waals surface area contributed by atoms with Crippen LogP contribution in [0.4, 0.5) is 5.69 Å². The van der Waals surface area contributed by atoms with Gasteiger partial charge in [0.05, 0.1) is 17.2 Å². The molecular weight excluding hydrogens is 420 g/mol. The van der Waals surface area contributed by atoms with Crippen LogP contribution < -0.4 is 14.4 Å². The summed E-state index contributed by atoms with van der Waals surface area (Å²) in [6.07, 6.45) is 3.69. The van der Waals surface area contributed by atoms with Crippen molar-refractivity contribution in [3.63, 3.8) is 0 Å². The lowest BCUT2D eigenvalue weighted by atomic mass is 10.2. The van der Waals surface area contributed by atoms with Crippen LogP contribution in [-0.4, -0.2) is 39.8 Å². The lowest BCUT2D eigenvalue weighted by Crippen LogP contribution is -2.43. The van der Waals surface area contributed by atoms with E-state index in [9.17, 15) is 13.2 Å². The van der Waals surface area contributed by atoms with Crippen LogP contribution >= 0.6 is 11.8 Å². The van der Waals surface area contributed by atoms with E-state index in [1.807, 2.05) is 27.0 Å². The maximum atomic E-state index is 13.4. The second kappa shape index (κ2) is 11.3. The molecule has 1 amide bonds. The molecule has 2 aromatic carbocycles. The van der Waals surface area contributed by atoms with Gasteiger partial charge in [0, 0.05) is 10.9 Å². The summed E-state index contributed by atoms with van der Waals surface area (Å²) in [7, 11) is -3.92. The number of benzene rings is 2. The predicted molar refractivity (Wildman–Crippen MR) is 123 cm³/mol. The zero-order valence-electron chi connectivity index (χ0n) is 17.9. The van der Waals surface area contributed by atoms with Gasteiger partial charge < -0.3 is 10.1 Å². The molecule has 2 aromatic rings. The van der Waals surface area contributed by atoms with Gasteiger partial charge in [-0.3, -0.25) is 9.10 Å². The van der Waals surface area contributed by atoms with Gasteiger partial charge in [0.2, 0.25) is 5.91 Å². The molecule has 30 heavy (non-hydrogen) atoms. The number of carbonyl (C=O) groups is 1. The van der Waals surface area contributed by atoms with E-state index < -0.39 is 10.0 Å². The Labute approximate surface area is 184 Å². The Morgan fingerprint density at radius 2 is 1.73 bits per heavy atom. The van der Waals surface area contributed by atoms with Crippen LogP contribution in [-0.2, 0) is 14.8 Å². The van der Waals surface area contributed by atoms with Crippen LogP contribution in [0.5, 0.6) is 5.75 Å². The first-order valence-corrected chi connectivity index (χ1v) is 12.7. The van der Waals surface area contributed by atoms with Crippen LogP contribution in [0, 0.1) is 0 Å². The average molecular weight is 451 g/mol. The molecule has 2 rings (SSSR count). The molecule has 1 N–H and O–H groups in total. The van der Waals surface area contributed by atoms with Gasteiger partial charge in [0.15, 0.2) is 0 Å². The Balaban J connectivity index is 2.37. The Bertz CT molecular complexity index is 913. The SMILES string of the molecule is CCCC(C)NC(=O)CN(c1ccc(OCC)cc1)S(=O)(=O)c1ccc(SC)cc1. The number of amides is 1. The molecule has 0 aliphatic rings. The van der Waals surface area contributed by atoms with Crippen molar-refractivity contribution in [2.24, 2.45) is 0 Å².